The van der Waals surface area contributed by atoms with E-state index in [0.29, 0.717) is 17.5 Å². The van der Waals surface area contributed by atoms with Gasteiger partial charge in [-0.25, -0.2) is 15.0 Å². The minimum atomic E-state index is 0.618. The lowest BCUT2D eigenvalue weighted by molar-refractivity contribution is 1.07. The van der Waals surface area contributed by atoms with Crippen molar-refractivity contribution in [2.45, 2.75) is 0 Å². The first-order chi connectivity index (χ1) is 34.2. The van der Waals surface area contributed by atoms with Crippen molar-refractivity contribution >= 4 is 81.7 Å². The van der Waals surface area contributed by atoms with Crippen molar-refractivity contribution in [3.8, 4) is 56.4 Å². The molecular weight excluding hydrogens is 837 g/mol. The fourth-order valence-corrected chi connectivity index (χ4v) is 10.7. The van der Waals surface area contributed by atoms with E-state index in [9.17, 15) is 0 Å². The molecule has 0 spiro atoms. The summed E-state index contributed by atoms with van der Waals surface area (Å²) in [6.07, 6.45) is 0. The standard InChI is InChI=1S/C65H40N4/c1-3-11-47(12-4-1)63-66-64(48-13-5-2-6-14-48)68-65(67-63)49-27-33-52(34-28-49)69(53-21-9-19-50(39-53)55-35-29-45-25-23-41-15-7-17-43-31-37-57(55)61(45)59(41)43)54-22-10-20-51(40-54)56-36-30-46-26-24-42-16-8-18-44-32-38-58(56)62(46)60(42)44/h1-40H. The summed E-state index contributed by atoms with van der Waals surface area (Å²) in [6.45, 7) is 0. The van der Waals surface area contributed by atoms with Crippen molar-refractivity contribution in [3.05, 3.63) is 243 Å². The van der Waals surface area contributed by atoms with Crippen LogP contribution >= 0.6 is 0 Å². The predicted molar refractivity (Wildman–Crippen MR) is 289 cm³/mol. The van der Waals surface area contributed by atoms with Crippen molar-refractivity contribution in [3.63, 3.8) is 0 Å². The van der Waals surface area contributed by atoms with Gasteiger partial charge in [-0.2, -0.15) is 0 Å². The molecule has 14 rings (SSSR count). The van der Waals surface area contributed by atoms with Crippen molar-refractivity contribution in [2.24, 2.45) is 0 Å². The van der Waals surface area contributed by atoms with E-state index in [1.807, 2.05) is 60.7 Å². The van der Waals surface area contributed by atoms with E-state index < -0.39 is 0 Å². The molecule has 0 saturated heterocycles. The Kier molecular flexibility index (Phi) is 8.86. The Hall–Kier alpha value is -9.25. The van der Waals surface area contributed by atoms with Crippen LogP contribution < -0.4 is 4.90 Å². The fraction of sp³-hybridized carbons (Fsp3) is 0. The number of rotatable bonds is 8. The van der Waals surface area contributed by atoms with Gasteiger partial charge in [-0.1, -0.05) is 194 Å². The van der Waals surface area contributed by atoms with Crippen LogP contribution in [0, 0.1) is 0 Å². The van der Waals surface area contributed by atoms with Crippen LogP contribution in [-0.4, -0.2) is 15.0 Å². The van der Waals surface area contributed by atoms with Crippen molar-refractivity contribution in [1.82, 2.24) is 15.0 Å². The Labute approximate surface area is 398 Å². The monoisotopic (exact) mass is 876 g/mol. The van der Waals surface area contributed by atoms with Crippen molar-refractivity contribution in [2.75, 3.05) is 4.90 Å². The molecule has 14 aromatic rings. The second kappa shape index (κ2) is 15.7. The van der Waals surface area contributed by atoms with Crippen LogP contribution in [0.25, 0.3) is 121 Å². The maximum atomic E-state index is 5.06. The molecule has 0 atom stereocenters. The van der Waals surface area contributed by atoms with Crippen LogP contribution in [0.15, 0.2) is 243 Å². The Morgan fingerprint density at radius 1 is 0.232 bits per heavy atom. The number of nitrogens with zero attached hydrogens (tertiary/aromatic N) is 4. The van der Waals surface area contributed by atoms with E-state index in [-0.39, 0.29) is 0 Å². The van der Waals surface area contributed by atoms with Crippen LogP contribution in [0.1, 0.15) is 0 Å². The Bertz CT molecular complexity index is 3960. The smallest absolute Gasteiger partial charge is 0.164 e. The molecule has 0 amide bonds. The average Bonchev–Trinajstić information content (AvgIpc) is 3.42. The zero-order valence-electron chi connectivity index (χ0n) is 37.4. The van der Waals surface area contributed by atoms with Crippen LogP contribution in [0.5, 0.6) is 0 Å². The van der Waals surface area contributed by atoms with E-state index in [1.54, 1.807) is 0 Å². The quantitative estimate of drug-likeness (QED) is 0.143. The van der Waals surface area contributed by atoms with E-state index in [4.69, 9.17) is 15.0 Å². The lowest BCUT2D eigenvalue weighted by atomic mass is 9.89. The molecule has 1 aromatic heterocycles. The average molecular weight is 877 g/mol. The first-order valence-electron chi connectivity index (χ1n) is 23.5. The van der Waals surface area contributed by atoms with E-state index in [1.165, 1.54) is 75.8 Å². The minimum absolute atomic E-state index is 0.618. The number of hydrogen-bond donors (Lipinski definition) is 0. The molecule has 0 radical (unpaired) electrons. The van der Waals surface area contributed by atoms with E-state index in [0.717, 1.165) is 44.9 Å². The molecule has 0 unspecified atom stereocenters. The molecule has 0 aliphatic carbocycles. The topological polar surface area (TPSA) is 41.9 Å². The van der Waals surface area contributed by atoms with Gasteiger partial charge in [0.25, 0.3) is 0 Å². The van der Waals surface area contributed by atoms with Gasteiger partial charge in [0.15, 0.2) is 17.5 Å². The molecule has 4 nitrogen and oxygen atoms in total. The van der Waals surface area contributed by atoms with Gasteiger partial charge in [0.2, 0.25) is 0 Å². The summed E-state index contributed by atoms with van der Waals surface area (Å²) < 4.78 is 0. The van der Waals surface area contributed by atoms with Gasteiger partial charge >= 0.3 is 0 Å². The van der Waals surface area contributed by atoms with Crippen molar-refractivity contribution in [1.29, 1.82) is 0 Å². The first kappa shape index (κ1) is 39.0. The molecule has 320 valence electrons. The SMILES string of the molecule is c1ccc(-c2nc(-c3ccccc3)nc(-c3ccc(N(c4cccc(-c5ccc6ccc7cccc8ccc5c6c78)c4)c4cccc(-c5ccc6ccc7cccc8ccc5c6c78)c4)cc3)n2)cc1. The summed E-state index contributed by atoms with van der Waals surface area (Å²) in [6, 6.07) is 87.4. The number of anilines is 3. The molecular formula is C65H40N4. The van der Waals surface area contributed by atoms with E-state index in [2.05, 4.69) is 187 Å². The summed E-state index contributed by atoms with van der Waals surface area (Å²) >= 11 is 0. The Morgan fingerprint density at radius 3 is 1.01 bits per heavy atom. The first-order valence-corrected chi connectivity index (χ1v) is 23.5. The van der Waals surface area contributed by atoms with Gasteiger partial charge in [-0.05, 0) is 135 Å². The Morgan fingerprint density at radius 2 is 0.580 bits per heavy atom. The second-order valence-electron chi connectivity index (χ2n) is 18.0. The third kappa shape index (κ3) is 6.49. The number of benzene rings is 13. The number of hydrogen-bond acceptors (Lipinski definition) is 4. The highest BCUT2D eigenvalue weighted by Gasteiger charge is 2.20. The second-order valence-corrected chi connectivity index (χ2v) is 18.0. The molecule has 0 aliphatic rings. The molecule has 13 aromatic carbocycles. The summed E-state index contributed by atoms with van der Waals surface area (Å²) in [5, 5.41) is 15.3. The summed E-state index contributed by atoms with van der Waals surface area (Å²) in [7, 11) is 0. The normalized spacial score (nSPS) is 11.8. The van der Waals surface area contributed by atoms with Crippen LogP contribution in [0.2, 0.25) is 0 Å². The third-order valence-corrected chi connectivity index (χ3v) is 14.0. The largest absolute Gasteiger partial charge is 0.310 e. The van der Waals surface area contributed by atoms with Crippen molar-refractivity contribution < 1.29 is 0 Å². The minimum Gasteiger partial charge on any atom is -0.310 e. The molecule has 4 heteroatoms. The fourth-order valence-electron chi connectivity index (χ4n) is 10.7. The van der Waals surface area contributed by atoms with Gasteiger partial charge in [0.05, 0.1) is 0 Å². The molecule has 0 aliphatic heterocycles. The molecule has 0 saturated carbocycles. The molecule has 0 bridgehead atoms. The molecule has 1 heterocycles. The van der Waals surface area contributed by atoms with Gasteiger partial charge in [0, 0.05) is 33.8 Å². The van der Waals surface area contributed by atoms with Gasteiger partial charge in [-0.15, -0.1) is 0 Å². The summed E-state index contributed by atoms with van der Waals surface area (Å²) in [4.78, 5) is 17.4. The van der Waals surface area contributed by atoms with E-state index >= 15 is 0 Å². The zero-order chi connectivity index (χ0) is 45.4. The maximum absolute atomic E-state index is 5.06. The third-order valence-electron chi connectivity index (χ3n) is 14.0. The lowest BCUT2D eigenvalue weighted by Crippen LogP contribution is -2.10. The zero-order valence-corrected chi connectivity index (χ0v) is 37.4. The van der Waals surface area contributed by atoms with Gasteiger partial charge in [-0.3, -0.25) is 0 Å². The highest BCUT2D eigenvalue weighted by Crippen LogP contribution is 2.44. The predicted octanol–water partition coefficient (Wildman–Crippen LogP) is 17.5. The molecule has 0 fully saturated rings. The summed E-state index contributed by atoms with van der Waals surface area (Å²) in [5.74, 6) is 1.89. The van der Waals surface area contributed by atoms with Gasteiger partial charge < -0.3 is 4.90 Å². The highest BCUT2D eigenvalue weighted by atomic mass is 15.1. The van der Waals surface area contributed by atoms with Crippen LogP contribution in [0.4, 0.5) is 17.1 Å². The van der Waals surface area contributed by atoms with Crippen LogP contribution in [-0.2, 0) is 0 Å². The molecule has 69 heavy (non-hydrogen) atoms. The number of aromatic nitrogens is 3. The highest BCUT2D eigenvalue weighted by molar-refractivity contribution is 6.26. The maximum Gasteiger partial charge on any atom is 0.164 e. The van der Waals surface area contributed by atoms with Gasteiger partial charge in [0.1, 0.15) is 0 Å². The summed E-state index contributed by atoms with van der Waals surface area (Å²) in [5.41, 5.74) is 10.6. The Balaban J connectivity index is 0.931. The van der Waals surface area contributed by atoms with Crippen LogP contribution in [0.3, 0.4) is 0 Å². The lowest BCUT2D eigenvalue weighted by Gasteiger charge is -2.27. The molecule has 0 N–H and O–H groups in total.